The van der Waals surface area contributed by atoms with Gasteiger partial charge in [0.15, 0.2) is 5.75 Å². The Morgan fingerprint density at radius 1 is 1.09 bits per heavy atom. The molecule has 1 aliphatic rings. The molecular formula is C35H41N5O4. The van der Waals surface area contributed by atoms with E-state index in [1.165, 1.54) is 21.4 Å². The van der Waals surface area contributed by atoms with E-state index in [9.17, 15) is 14.7 Å². The Balaban J connectivity index is 1.40. The van der Waals surface area contributed by atoms with E-state index in [2.05, 4.69) is 65.7 Å². The first-order chi connectivity index (χ1) is 21.1. The fourth-order valence-corrected chi connectivity index (χ4v) is 5.69. The number of hydrogen-bond donors (Lipinski definition) is 2. The van der Waals surface area contributed by atoms with Gasteiger partial charge in [-0.1, -0.05) is 67.6 Å². The van der Waals surface area contributed by atoms with Crippen molar-refractivity contribution in [3.8, 4) is 16.9 Å². The van der Waals surface area contributed by atoms with Crippen molar-refractivity contribution in [3.05, 3.63) is 101 Å². The number of benzene rings is 3. The van der Waals surface area contributed by atoms with Crippen molar-refractivity contribution in [1.82, 2.24) is 19.6 Å². The lowest BCUT2D eigenvalue weighted by molar-refractivity contribution is 0.0343. The SMILES string of the molecule is Cc1cc(C(=O)Nc2cccc3c2O[C@@H](CN(C)Cc2ccc(-c4ccccc4)cc2)[C@@H](C)CN([C@@H](C)CO)C3=O)n(C)n1. The highest BCUT2D eigenvalue weighted by Crippen LogP contribution is 2.35. The van der Waals surface area contributed by atoms with Crippen molar-refractivity contribution >= 4 is 17.5 Å². The van der Waals surface area contributed by atoms with Gasteiger partial charge in [0.25, 0.3) is 11.8 Å². The lowest BCUT2D eigenvalue weighted by Crippen LogP contribution is -2.49. The summed E-state index contributed by atoms with van der Waals surface area (Å²) in [5.41, 5.74) is 5.42. The van der Waals surface area contributed by atoms with Crippen LogP contribution in [0, 0.1) is 12.8 Å². The zero-order valence-corrected chi connectivity index (χ0v) is 26.0. The highest BCUT2D eigenvalue weighted by Gasteiger charge is 2.34. The number of fused-ring (bicyclic) bond motifs is 1. The molecule has 3 aromatic carbocycles. The van der Waals surface area contributed by atoms with Crippen LogP contribution in [0.25, 0.3) is 11.1 Å². The van der Waals surface area contributed by atoms with Crippen LogP contribution in [0.5, 0.6) is 5.75 Å². The molecule has 0 saturated heterocycles. The van der Waals surface area contributed by atoms with Gasteiger partial charge in [0.05, 0.1) is 29.6 Å². The number of rotatable bonds is 9. The van der Waals surface area contributed by atoms with E-state index in [4.69, 9.17) is 4.74 Å². The maximum Gasteiger partial charge on any atom is 0.274 e. The third kappa shape index (κ3) is 6.85. The normalized spacial score (nSPS) is 17.4. The Morgan fingerprint density at radius 3 is 2.45 bits per heavy atom. The summed E-state index contributed by atoms with van der Waals surface area (Å²) in [6, 6.07) is 25.4. The fraction of sp³-hybridized carbons (Fsp3) is 0.343. The van der Waals surface area contributed by atoms with Crippen LogP contribution in [0.3, 0.4) is 0 Å². The zero-order valence-electron chi connectivity index (χ0n) is 26.0. The van der Waals surface area contributed by atoms with E-state index in [-0.39, 0.29) is 36.5 Å². The molecule has 1 aromatic heterocycles. The topological polar surface area (TPSA) is 99.9 Å². The Labute approximate surface area is 259 Å². The average molecular weight is 596 g/mol. The molecule has 3 atom stereocenters. The van der Waals surface area contributed by atoms with Crippen molar-refractivity contribution in [2.75, 3.05) is 32.1 Å². The van der Waals surface area contributed by atoms with Gasteiger partial charge >= 0.3 is 0 Å². The molecule has 0 spiro atoms. The van der Waals surface area contributed by atoms with E-state index in [0.29, 0.717) is 42.3 Å². The first-order valence-electron chi connectivity index (χ1n) is 15.0. The number of carbonyl (C=O) groups is 2. The van der Waals surface area contributed by atoms with Crippen LogP contribution >= 0.6 is 0 Å². The number of ether oxygens (including phenoxy) is 1. The van der Waals surface area contributed by atoms with E-state index in [0.717, 1.165) is 5.69 Å². The van der Waals surface area contributed by atoms with Crippen molar-refractivity contribution < 1.29 is 19.4 Å². The maximum absolute atomic E-state index is 13.8. The van der Waals surface area contributed by atoms with E-state index < -0.39 is 0 Å². The summed E-state index contributed by atoms with van der Waals surface area (Å²) in [5.74, 6) is -0.323. The number of para-hydroxylation sites is 1. The summed E-state index contributed by atoms with van der Waals surface area (Å²) >= 11 is 0. The van der Waals surface area contributed by atoms with Crippen molar-refractivity contribution in [3.63, 3.8) is 0 Å². The number of amides is 2. The summed E-state index contributed by atoms with van der Waals surface area (Å²) in [7, 11) is 3.77. The third-order valence-corrected chi connectivity index (χ3v) is 8.18. The molecule has 5 rings (SSSR count). The Hall–Kier alpha value is -4.47. The molecule has 0 aliphatic carbocycles. The van der Waals surface area contributed by atoms with Crippen LogP contribution < -0.4 is 10.1 Å². The molecule has 4 aromatic rings. The van der Waals surface area contributed by atoms with Crippen LogP contribution in [0.4, 0.5) is 5.69 Å². The van der Waals surface area contributed by atoms with E-state index >= 15 is 0 Å². The largest absolute Gasteiger partial charge is 0.486 e. The first kappa shape index (κ1) is 31.0. The number of nitrogens with zero attached hydrogens (tertiary/aromatic N) is 4. The van der Waals surface area contributed by atoms with Crippen LogP contribution in [0.1, 0.15) is 46.0 Å². The second kappa shape index (κ2) is 13.4. The predicted octanol–water partition coefficient (Wildman–Crippen LogP) is 5.00. The van der Waals surface area contributed by atoms with Crippen LogP contribution in [0.15, 0.2) is 78.9 Å². The molecule has 9 nitrogen and oxygen atoms in total. The number of aryl methyl sites for hydroxylation is 2. The summed E-state index contributed by atoms with van der Waals surface area (Å²) in [4.78, 5) is 31.0. The van der Waals surface area contributed by atoms with Crippen LogP contribution in [-0.4, -0.2) is 75.4 Å². The molecule has 2 amide bonds. The van der Waals surface area contributed by atoms with Gasteiger partial charge in [0, 0.05) is 32.6 Å². The number of aromatic nitrogens is 2. The number of aliphatic hydroxyl groups is 1. The minimum absolute atomic E-state index is 0.0625. The molecule has 9 heteroatoms. The minimum Gasteiger partial charge on any atom is -0.486 e. The number of nitrogens with one attached hydrogen (secondary N) is 1. The standard InChI is InChI=1S/C35H41N5O4/c1-23-19-40(25(3)22-41)35(43)29-12-9-13-30(36-34(42)31-18-24(2)37-39(31)5)33(29)44-32(23)21-38(4)20-26-14-16-28(17-15-26)27-10-7-6-8-11-27/h6-18,23,25,32,41H,19-22H2,1-5H3,(H,36,42)/t23-,25-,32-/m0/s1. The molecule has 0 fully saturated rings. The minimum atomic E-state index is -0.381. The molecule has 1 aliphatic heterocycles. The predicted molar refractivity (Wildman–Crippen MR) is 172 cm³/mol. The first-order valence-corrected chi connectivity index (χ1v) is 15.0. The Bertz CT molecular complexity index is 1600. The number of hydrogen-bond acceptors (Lipinski definition) is 6. The summed E-state index contributed by atoms with van der Waals surface area (Å²) in [5, 5.41) is 17.2. The molecule has 0 saturated carbocycles. The lowest BCUT2D eigenvalue weighted by atomic mass is 9.98. The smallest absolute Gasteiger partial charge is 0.274 e. The molecule has 0 radical (unpaired) electrons. The van der Waals surface area contributed by atoms with Crippen molar-refractivity contribution in [1.29, 1.82) is 0 Å². The molecule has 0 bridgehead atoms. The summed E-state index contributed by atoms with van der Waals surface area (Å²) in [6.07, 6.45) is -0.305. The highest BCUT2D eigenvalue weighted by atomic mass is 16.5. The molecule has 2 heterocycles. The van der Waals surface area contributed by atoms with Gasteiger partial charge < -0.3 is 20.1 Å². The zero-order chi connectivity index (χ0) is 31.4. The molecule has 0 unspecified atom stereocenters. The van der Waals surface area contributed by atoms with Gasteiger partial charge in [-0.25, -0.2) is 0 Å². The Morgan fingerprint density at radius 2 is 1.80 bits per heavy atom. The summed E-state index contributed by atoms with van der Waals surface area (Å²) in [6.45, 7) is 7.28. The maximum atomic E-state index is 13.8. The summed E-state index contributed by atoms with van der Waals surface area (Å²) < 4.78 is 8.21. The van der Waals surface area contributed by atoms with Gasteiger partial charge in [-0.05, 0) is 55.8 Å². The number of carbonyl (C=O) groups excluding carboxylic acids is 2. The Kier molecular flexibility index (Phi) is 9.46. The molecular weight excluding hydrogens is 554 g/mol. The molecule has 2 N–H and O–H groups in total. The van der Waals surface area contributed by atoms with Gasteiger partial charge in [0.1, 0.15) is 11.8 Å². The van der Waals surface area contributed by atoms with Gasteiger partial charge in [-0.15, -0.1) is 0 Å². The van der Waals surface area contributed by atoms with E-state index in [1.54, 1.807) is 36.2 Å². The monoisotopic (exact) mass is 595 g/mol. The number of likely N-dealkylation sites (N-methyl/N-ethyl adjacent to an activating group) is 1. The second-order valence-corrected chi connectivity index (χ2v) is 11.8. The quantitative estimate of drug-likeness (QED) is 0.283. The van der Waals surface area contributed by atoms with Crippen molar-refractivity contribution in [2.24, 2.45) is 13.0 Å². The van der Waals surface area contributed by atoms with E-state index in [1.807, 2.05) is 32.0 Å². The number of aliphatic hydroxyl groups excluding tert-OH is 1. The number of anilines is 1. The fourth-order valence-electron chi connectivity index (χ4n) is 5.69. The van der Waals surface area contributed by atoms with Crippen LogP contribution in [-0.2, 0) is 13.6 Å². The molecule has 44 heavy (non-hydrogen) atoms. The van der Waals surface area contributed by atoms with Gasteiger partial charge in [-0.2, -0.15) is 5.10 Å². The van der Waals surface area contributed by atoms with Crippen LogP contribution in [0.2, 0.25) is 0 Å². The van der Waals surface area contributed by atoms with Crippen molar-refractivity contribution in [2.45, 2.75) is 39.5 Å². The third-order valence-electron chi connectivity index (χ3n) is 8.18. The second-order valence-electron chi connectivity index (χ2n) is 11.8. The van der Waals surface area contributed by atoms with Gasteiger partial charge in [-0.3, -0.25) is 19.2 Å². The lowest BCUT2D eigenvalue weighted by Gasteiger charge is -2.38. The van der Waals surface area contributed by atoms with Gasteiger partial charge in [0.2, 0.25) is 0 Å². The molecule has 230 valence electrons. The average Bonchev–Trinajstić information content (AvgIpc) is 3.37. The highest BCUT2D eigenvalue weighted by molar-refractivity contribution is 6.06.